The summed E-state index contributed by atoms with van der Waals surface area (Å²) >= 11 is 1.62. The summed E-state index contributed by atoms with van der Waals surface area (Å²) < 4.78 is 0. The molecule has 0 radical (unpaired) electrons. The molecule has 1 amide bonds. The largest absolute Gasteiger partial charge is 0.374 e. The maximum absolute atomic E-state index is 13.2. The van der Waals surface area contributed by atoms with E-state index < -0.39 is 0 Å². The maximum atomic E-state index is 13.2. The van der Waals surface area contributed by atoms with E-state index in [9.17, 15) is 4.79 Å². The first-order valence-electron chi connectivity index (χ1n) is 14.1. The van der Waals surface area contributed by atoms with Crippen LogP contribution in [0.2, 0.25) is 0 Å². The Labute approximate surface area is 233 Å². The zero-order valence-corrected chi connectivity index (χ0v) is 25.3. The van der Waals surface area contributed by atoms with E-state index in [1.807, 2.05) is 24.8 Å². The average molecular weight is 530 g/mol. The lowest BCUT2D eigenvalue weighted by molar-refractivity contribution is 0.0778. The fourth-order valence-electron chi connectivity index (χ4n) is 5.58. The Morgan fingerprint density at radius 2 is 1.79 bits per heavy atom. The summed E-state index contributed by atoms with van der Waals surface area (Å²) in [6, 6.07) is 8.97. The summed E-state index contributed by atoms with van der Waals surface area (Å²) in [5.41, 5.74) is 10.1. The van der Waals surface area contributed by atoms with E-state index in [2.05, 4.69) is 88.0 Å². The standard InChI is InChI=1S/C33H43N3OS/c1-9-23-20-24(34-10-2)13-14-25(23)31(29-15-16-30(38-29)32(37)36(11-3)12-4)26-21-27-28(19-22(26)5)35(8)18-17-33(27,6)7/h13-16,19-21H,9-12,17-18H2,1-8H3/b31-25+,34-24-. The van der Waals surface area contributed by atoms with E-state index in [0.29, 0.717) is 13.1 Å². The second kappa shape index (κ2) is 11.4. The van der Waals surface area contributed by atoms with Gasteiger partial charge in [-0.25, -0.2) is 0 Å². The smallest absolute Gasteiger partial charge is 0.263 e. The number of hydrogen-bond donors (Lipinski definition) is 0. The summed E-state index contributed by atoms with van der Waals surface area (Å²) in [6.45, 7) is 18.6. The zero-order chi connectivity index (χ0) is 27.6. The van der Waals surface area contributed by atoms with Gasteiger partial charge in [-0.3, -0.25) is 9.79 Å². The molecule has 0 N–H and O–H groups in total. The van der Waals surface area contributed by atoms with Gasteiger partial charge in [-0.1, -0.05) is 26.8 Å². The van der Waals surface area contributed by atoms with Crippen LogP contribution >= 0.6 is 11.3 Å². The number of anilines is 1. The van der Waals surface area contributed by atoms with Crippen LogP contribution in [-0.2, 0) is 5.41 Å². The van der Waals surface area contributed by atoms with E-state index in [1.165, 1.54) is 39.1 Å². The third kappa shape index (κ3) is 5.31. The first-order chi connectivity index (χ1) is 18.1. The van der Waals surface area contributed by atoms with Gasteiger partial charge in [0.25, 0.3) is 5.91 Å². The predicted molar refractivity (Wildman–Crippen MR) is 165 cm³/mol. The van der Waals surface area contributed by atoms with Crippen LogP contribution in [0.5, 0.6) is 0 Å². The Kier molecular flexibility index (Phi) is 8.46. The van der Waals surface area contributed by atoms with Crippen LogP contribution in [0.15, 0.2) is 58.6 Å². The molecule has 1 aromatic heterocycles. The minimum Gasteiger partial charge on any atom is -0.374 e. The molecule has 1 aliphatic carbocycles. The van der Waals surface area contributed by atoms with Gasteiger partial charge in [0.2, 0.25) is 0 Å². The Morgan fingerprint density at radius 1 is 1.08 bits per heavy atom. The Balaban J connectivity index is 1.98. The summed E-state index contributed by atoms with van der Waals surface area (Å²) in [4.78, 5) is 24.1. The van der Waals surface area contributed by atoms with Crippen LogP contribution in [0.25, 0.3) is 5.57 Å². The van der Waals surface area contributed by atoms with Crippen LogP contribution in [0.3, 0.4) is 0 Å². The highest BCUT2D eigenvalue weighted by Crippen LogP contribution is 2.45. The normalized spacial score (nSPS) is 18.9. The van der Waals surface area contributed by atoms with Crippen molar-refractivity contribution in [2.45, 2.75) is 66.7 Å². The monoisotopic (exact) mass is 529 g/mol. The highest BCUT2D eigenvalue weighted by molar-refractivity contribution is 7.15. The van der Waals surface area contributed by atoms with Gasteiger partial charge >= 0.3 is 0 Å². The summed E-state index contributed by atoms with van der Waals surface area (Å²) in [6.07, 6.45) is 8.66. The van der Waals surface area contributed by atoms with Gasteiger partial charge in [0, 0.05) is 49.4 Å². The van der Waals surface area contributed by atoms with Gasteiger partial charge in [0.15, 0.2) is 0 Å². The minimum absolute atomic E-state index is 0.103. The predicted octanol–water partition coefficient (Wildman–Crippen LogP) is 7.83. The summed E-state index contributed by atoms with van der Waals surface area (Å²) in [5.74, 6) is 0.114. The van der Waals surface area contributed by atoms with Crippen molar-refractivity contribution in [1.29, 1.82) is 0 Å². The quantitative estimate of drug-likeness (QED) is 0.366. The Hall–Kier alpha value is -2.92. The molecule has 0 saturated heterocycles. The van der Waals surface area contributed by atoms with Crippen LogP contribution < -0.4 is 4.90 Å². The first-order valence-corrected chi connectivity index (χ1v) is 14.9. The third-order valence-electron chi connectivity index (χ3n) is 8.02. The SMILES string of the molecule is CC/N=C1C=C/C(=C(\c2ccc(C(=O)N(CC)CC)s2)c2cc3c(cc2C)N(C)CCC3(C)C)C(CC)=C/1. The van der Waals surface area contributed by atoms with E-state index in [1.54, 1.807) is 11.3 Å². The molecule has 4 rings (SSSR count). The maximum Gasteiger partial charge on any atom is 0.263 e. The molecular weight excluding hydrogens is 486 g/mol. The molecule has 0 saturated carbocycles. The molecule has 38 heavy (non-hydrogen) atoms. The third-order valence-corrected chi connectivity index (χ3v) is 9.11. The van der Waals surface area contributed by atoms with Crippen LogP contribution in [0.1, 0.15) is 85.6 Å². The lowest BCUT2D eigenvalue weighted by atomic mass is 9.75. The second-order valence-corrected chi connectivity index (χ2v) is 12.0. The van der Waals surface area contributed by atoms with Crippen molar-refractivity contribution >= 4 is 34.2 Å². The van der Waals surface area contributed by atoms with Crippen molar-refractivity contribution in [3.05, 3.63) is 80.1 Å². The van der Waals surface area contributed by atoms with Crippen LogP contribution in [0, 0.1) is 6.92 Å². The topological polar surface area (TPSA) is 35.9 Å². The Bertz CT molecular complexity index is 1330. The molecule has 0 atom stereocenters. The van der Waals surface area contributed by atoms with Crippen LogP contribution in [-0.4, -0.2) is 49.7 Å². The van der Waals surface area contributed by atoms with Crippen molar-refractivity contribution in [3.63, 3.8) is 0 Å². The number of benzene rings is 1. The van der Waals surface area contributed by atoms with Gasteiger partial charge in [-0.15, -0.1) is 11.3 Å². The number of allylic oxidation sites excluding steroid dienone is 5. The van der Waals surface area contributed by atoms with Crippen molar-refractivity contribution in [3.8, 4) is 0 Å². The molecule has 2 aliphatic rings. The van der Waals surface area contributed by atoms with E-state index in [-0.39, 0.29) is 11.3 Å². The van der Waals surface area contributed by atoms with Gasteiger partial charge < -0.3 is 9.80 Å². The molecule has 0 unspecified atom stereocenters. The molecular formula is C33H43N3OS. The number of nitrogens with zero attached hydrogens (tertiary/aromatic N) is 3. The molecule has 2 aromatic rings. The summed E-state index contributed by atoms with van der Waals surface area (Å²) in [7, 11) is 2.20. The van der Waals surface area contributed by atoms with Crippen molar-refractivity contribution in [2.75, 3.05) is 38.1 Å². The lowest BCUT2D eigenvalue weighted by Crippen LogP contribution is -2.35. The Morgan fingerprint density at radius 3 is 2.45 bits per heavy atom. The molecule has 5 heteroatoms. The molecule has 202 valence electrons. The molecule has 0 spiro atoms. The molecule has 0 bridgehead atoms. The first kappa shape index (κ1) is 28.1. The number of carbonyl (C=O) groups excluding carboxylic acids is 1. The lowest BCUT2D eigenvalue weighted by Gasteiger charge is -2.39. The van der Waals surface area contributed by atoms with Gasteiger partial charge in [0.05, 0.1) is 10.6 Å². The van der Waals surface area contributed by atoms with E-state index in [0.717, 1.165) is 41.4 Å². The molecule has 1 aromatic carbocycles. The number of fused-ring (bicyclic) bond motifs is 1. The number of thiophene rings is 1. The van der Waals surface area contributed by atoms with Crippen molar-refractivity contribution in [1.82, 2.24) is 4.90 Å². The molecule has 0 fully saturated rings. The number of aryl methyl sites for hydroxylation is 1. The number of amides is 1. The summed E-state index contributed by atoms with van der Waals surface area (Å²) in [5, 5.41) is 0. The zero-order valence-electron chi connectivity index (χ0n) is 24.4. The number of aliphatic imine (C=N–C) groups is 1. The molecule has 2 heterocycles. The number of hydrogen-bond acceptors (Lipinski definition) is 4. The molecule has 1 aliphatic heterocycles. The highest BCUT2D eigenvalue weighted by atomic mass is 32.1. The fraction of sp³-hybridized carbons (Fsp3) is 0.455. The van der Waals surface area contributed by atoms with Gasteiger partial charge in [-0.2, -0.15) is 0 Å². The second-order valence-electron chi connectivity index (χ2n) is 10.9. The van der Waals surface area contributed by atoms with Gasteiger partial charge in [-0.05, 0) is 110 Å². The van der Waals surface area contributed by atoms with E-state index in [4.69, 9.17) is 0 Å². The van der Waals surface area contributed by atoms with Crippen molar-refractivity contribution in [2.24, 2.45) is 4.99 Å². The van der Waals surface area contributed by atoms with E-state index >= 15 is 0 Å². The van der Waals surface area contributed by atoms with Crippen LogP contribution in [0.4, 0.5) is 5.69 Å². The number of rotatable bonds is 7. The van der Waals surface area contributed by atoms with Crippen molar-refractivity contribution < 1.29 is 4.79 Å². The highest BCUT2D eigenvalue weighted by Gasteiger charge is 2.32. The fourth-order valence-corrected chi connectivity index (χ4v) is 6.63. The number of carbonyl (C=O) groups is 1. The minimum atomic E-state index is 0.103. The average Bonchev–Trinajstić information content (AvgIpc) is 3.38. The molecule has 4 nitrogen and oxygen atoms in total. The van der Waals surface area contributed by atoms with Gasteiger partial charge in [0.1, 0.15) is 0 Å².